The topological polar surface area (TPSA) is 75.6 Å². The van der Waals surface area contributed by atoms with E-state index in [-0.39, 0.29) is 12.0 Å². The number of nitrogens with one attached hydrogen (secondary N) is 1. The van der Waals surface area contributed by atoms with Gasteiger partial charge in [-0.25, -0.2) is 9.18 Å². The molecule has 0 aliphatic carbocycles. The fourth-order valence-electron chi connectivity index (χ4n) is 2.54. The number of halogens is 1. The summed E-state index contributed by atoms with van der Waals surface area (Å²) < 4.78 is 18.5. The van der Waals surface area contributed by atoms with Crippen molar-refractivity contribution in [3.05, 3.63) is 35.6 Å². The van der Waals surface area contributed by atoms with Gasteiger partial charge in [0, 0.05) is 6.54 Å². The molecule has 0 aliphatic rings. The molecule has 0 saturated carbocycles. The molecule has 5 nitrogen and oxygen atoms in total. The minimum Gasteiger partial charge on any atom is -0.481 e. The molecule has 0 aromatic heterocycles. The Labute approximate surface area is 154 Å². The molecule has 26 heavy (non-hydrogen) atoms. The maximum atomic E-state index is 13.3. The number of carbonyl (C=O) groups excluding carboxylic acids is 1. The summed E-state index contributed by atoms with van der Waals surface area (Å²) in [5.74, 6) is -1.51. The Kier molecular flexibility index (Phi) is 6.80. The number of carboxylic acid groups (broad SMARTS) is 1. The zero-order valence-corrected chi connectivity index (χ0v) is 16.5. The first-order valence-electron chi connectivity index (χ1n) is 8.71. The predicted octanol–water partition coefficient (Wildman–Crippen LogP) is 4.50. The third kappa shape index (κ3) is 6.65. The molecule has 0 bridgehead atoms. The molecule has 1 atom stereocenters. The molecule has 0 heterocycles. The normalized spacial score (nSPS) is 14.4. The minimum atomic E-state index is -1.36. The maximum absolute atomic E-state index is 13.3. The monoisotopic (exact) mass is 367 g/mol. The van der Waals surface area contributed by atoms with Crippen LogP contribution in [0.15, 0.2) is 24.3 Å². The standard InChI is InChI=1S/C20H30FNO4/c1-18(2,3)11-12-20(16(23)24,14-7-9-15(21)10-8-14)13-22-17(25)26-19(4,5)6/h7-10H,11-13H2,1-6H3,(H,22,25)(H,23,24). The molecule has 0 spiro atoms. The van der Waals surface area contributed by atoms with Gasteiger partial charge >= 0.3 is 12.1 Å². The van der Waals surface area contributed by atoms with E-state index in [4.69, 9.17) is 4.74 Å². The average Bonchev–Trinajstić information content (AvgIpc) is 2.45. The number of ether oxygens (including phenoxy) is 1. The molecule has 2 N–H and O–H groups in total. The highest BCUT2D eigenvalue weighted by atomic mass is 19.1. The molecule has 0 saturated heterocycles. The Bertz CT molecular complexity index is 629. The van der Waals surface area contributed by atoms with Crippen molar-refractivity contribution >= 4 is 12.1 Å². The van der Waals surface area contributed by atoms with Gasteiger partial charge in [0.15, 0.2) is 0 Å². The molecule has 1 amide bonds. The fourth-order valence-corrected chi connectivity index (χ4v) is 2.54. The predicted molar refractivity (Wildman–Crippen MR) is 98.6 cm³/mol. The van der Waals surface area contributed by atoms with E-state index in [0.717, 1.165) is 0 Å². The van der Waals surface area contributed by atoms with Crippen LogP contribution in [-0.4, -0.2) is 29.3 Å². The Balaban J connectivity index is 3.15. The van der Waals surface area contributed by atoms with Crippen LogP contribution in [0.1, 0.15) is 59.9 Å². The number of amides is 1. The second kappa shape index (κ2) is 8.06. The van der Waals surface area contributed by atoms with Crippen LogP contribution in [0.4, 0.5) is 9.18 Å². The summed E-state index contributed by atoms with van der Waals surface area (Å²) >= 11 is 0. The molecule has 1 unspecified atom stereocenters. The van der Waals surface area contributed by atoms with Crippen LogP contribution in [-0.2, 0) is 14.9 Å². The van der Waals surface area contributed by atoms with Gasteiger partial charge in [-0.1, -0.05) is 32.9 Å². The average molecular weight is 367 g/mol. The van der Waals surface area contributed by atoms with E-state index < -0.39 is 28.9 Å². The van der Waals surface area contributed by atoms with Crippen molar-refractivity contribution in [3.8, 4) is 0 Å². The summed E-state index contributed by atoms with van der Waals surface area (Å²) in [6.45, 7) is 11.1. The van der Waals surface area contributed by atoms with Crippen LogP contribution in [0.3, 0.4) is 0 Å². The summed E-state index contributed by atoms with van der Waals surface area (Å²) in [7, 11) is 0. The molecule has 1 rings (SSSR count). The second-order valence-electron chi connectivity index (χ2n) is 8.81. The molecule has 146 valence electrons. The number of aliphatic carboxylic acids is 1. The van der Waals surface area contributed by atoms with Gasteiger partial charge in [-0.3, -0.25) is 4.79 Å². The highest BCUT2D eigenvalue weighted by Crippen LogP contribution is 2.34. The van der Waals surface area contributed by atoms with Crippen LogP contribution in [0.25, 0.3) is 0 Å². The van der Waals surface area contributed by atoms with Crippen molar-refractivity contribution in [2.24, 2.45) is 5.41 Å². The smallest absolute Gasteiger partial charge is 0.407 e. The number of hydrogen-bond donors (Lipinski definition) is 2. The summed E-state index contributed by atoms with van der Waals surface area (Å²) in [4.78, 5) is 24.3. The van der Waals surface area contributed by atoms with Crippen molar-refractivity contribution in [2.45, 2.75) is 65.4 Å². The number of carboxylic acids is 1. The van der Waals surface area contributed by atoms with Gasteiger partial charge in [0.05, 0.1) is 0 Å². The van der Waals surface area contributed by atoms with E-state index in [1.807, 2.05) is 20.8 Å². The quantitative estimate of drug-likeness (QED) is 0.776. The van der Waals surface area contributed by atoms with Crippen molar-refractivity contribution in [1.29, 1.82) is 0 Å². The first-order chi connectivity index (χ1) is 11.8. The van der Waals surface area contributed by atoms with Crippen LogP contribution in [0.2, 0.25) is 0 Å². The van der Waals surface area contributed by atoms with Crippen LogP contribution in [0.5, 0.6) is 0 Å². The van der Waals surface area contributed by atoms with Crippen molar-refractivity contribution in [1.82, 2.24) is 5.32 Å². The highest BCUT2D eigenvalue weighted by molar-refractivity contribution is 5.82. The van der Waals surface area contributed by atoms with Gasteiger partial charge in [0.2, 0.25) is 0 Å². The molecular weight excluding hydrogens is 337 g/mol. The van der Waals surface area contributed by atoms with Crippen LogP contribution >= 0.6 is 0 Å². The summed E-state index contributed by atoms with van der Waals surface area (Å²) in [5, 5.41) is 12.6. The number of benzene rings is 1. The van der Waals surface area contributed by atoms with E-state index in [1.54, 1.807) is 20.8 Å². The number of hydrogen-bond acceptors (Lipinski definition) is 3. The lowest BCUT2D eigenvalue weighted by atomic mass is 9.73. The lowest BCUT2D eigenvalue weighted by Crippen LogP contribution is -2.48. The largest absolute Gasteiger partial charge is 0.481 e. The minimum absolute atomic E-state index is 0.0906. The SMILES string of the molecule is CC(C)(C)CCC(CNC(=O)OC(C)(C)C)(C(=O)O)c1ccc(F)cc1. The lowest BCUT2D eigenvalue weighted by Gasteiger charge is -2.33. The molecule has 1 aromatic rings. The zero-order valence-electron chi connectivity index (χ0n) is 16.5. The number of carbonyl (C=O) groups is 2. The maximum Gasteiger partial charge on any atom is 0.407 e. The number of alkyl carbamates (subject to hydrolysis) is 1. The Hall–Kier alpha value is -2.11. The van der Waals surface area contributed by atoms with E-state index in [0.29, 0.717) is 18.4 Å². The third-order valence-corrected chi connectivity index (χ3v) is 4.04. The zero-order chi connectivity index (χ0) is 20.2. The second-order valence-corrected chi connectivity index (χ2v) is 8.81. The van der Waals surface area contributed by atoms with Gasteiger partial charge in [0.25, 0.3) is 0 Å². The Morgan fingerprint density at radius 2 is 1.58 bits per heavy atom. The van der Waals surface area contributed by atoms with Gasteiger partial charge in [0.1, 0.15) is 16.8 Å². The molecule has 0 radical (unpaired) electrons. The third-order valence-electron chi connectivity index (χ3n) is 4.04. The molecular formula is C20H30FNO4. The van der Waals surface area contributed by atoms with Crippen LogP contribution in [0, 0.1) is 11.2 Å². The van der Waals surface area contributed by atoms with Gasteiger partial charge in [-0.05, 0) is 56.7 Å². The molecule has 0 fully saturated rings. The van der Waals surface area contributed by atoms with E-state index in [1.165, 1.54) is 24.3 Å². The van der Waals surface area contributed by atoms with E-state index >= 15 is 0 Å². The first kappa shape index (κ1) is 21.9. The van der Waals surface area contributed by atoms with Crippen LogP contribution < -0.4 is 5.32 Å². The summed E-state index contributed by atoms with van der Waals surface area (Å²) in [6.07, 6.45) is 0.237. The van der Waals surface area contributed by atoms with E-state index in [9.17, 15) is 19.1 Å². The molecule has 6 heteroatoms. The Morgan fingerprint density at radius 3 is 2.00 bits per heavy atom. The lowest BCUT2D eigenvalue weighted by molar-refractivity contribution is -0.144. The van der Waals surface area contributed by atoms with Gasteiger partial charge in [-0.15, -0.1) is 0 Å². The number of rotatable bonds is 6. The molecule has 0 aliphatic heterocycles. The first-order valence-corrected chi connectivity index (χ1v) is 8.71. The van der Waals surface area contributed by atoms with Gasteiger partial charge < -0.3 is 15.2 Å². The van der Waals surface area contributed by atoms with E-state index in [2.05, 4.69) is 5.32 Å². The molecule has 1 aromatic carbocycles. The highest BCUT2D eigenvalue weighted by Gasteiger charge is 2.41. The summed E-state index contributed by atoms with van der Waals surface area (Å²) in [5.41, 5.74) is -1.69. The van der Waals surface area contributed by atoms with Crippen molar-refractivity contribution in [3.63, 3.8) is 0 Å². The summed E-state index contributed by atoms with van der Waals surface area (Å²) in [6, 6.07) is 5.39. The van der Waals surface area contributed by atoms with Crippen molar-refractivity contribution in [2.75, 3.05) is 6.54 Å². The van der Waals surface area contributed by atoms with Crippen molar-refractivity contribution < 1.29 is 23.8 Å². The Morgan fingerprint density at radius 1 is 1.04 bits per heavy atom. The fraction of sp³-hybridized carbons (Fsp3) is 0.600. The van der Waals surface area contributed by atoms with Gasteiger partial charge in [-0.2, -0.15) is 0 Å².